The van der Waals surface area contributed by atoms with E-state index in [4.69, 9.17) is 9.15 Å². The number of hydrogen-bond donors (Lipinski definition) is 1. The van der Waals surface area contributed by atoms with Gasteiger partial charge in [0, 0.05) is 11.1 Å². The fourth-order valence-electron chi connectivity index (χ4n) is 4.67. The van der Waals surface area contributed by atoms with Gasteiger partial charge in [0.25, 0.3) is 5.91 Å². The van der Waals surface area contributed by atoms with Gasteiger partial charge >= 0.3 is 0 Å². The van der Waals surface area contributed by atoms with E-state index >= 15 is 0 Å². The summed E-state index contributed by atoms with van der Waals surface area (Å²) in [7, 11) is 0. The standard InChI is InChI=1S/C31H29NO5/c1-18(2)20-9-13-23(14-10-20)32-28(21-11-15-24(16-12-21)36-19(3)4)27(30(34)31(32)35)29(33)26-17-22-7-5-6-8-25(22)37-26/h5-19,28,34H,1-4H3. The van der Waals surface area contributed by atoms with Gasteiger partial charge in [-0.05, 0) is 67.3 Å². The Kier molecular flexibility index (Phi) is 6.34. The van der Waals surface area contributed by atoms with Crippen LogP contribution in [0.25, 0.3) is 11.0 Å². The first-order valence-corrected chi connectivity index (χ1v) is 12.4. The highest BCUT2D eigenvalue weighted by atomic mass is 16.5. The zero-order chi connectivity index (χ0) is 26.3. The second kappa shape index (κ2) is 9.62. The lowest BCUT2D eigenvalue weighted by Gasteiger charge is -2.27. The number of carbonyl (C=O) groups excluding carboxylic acids is 2. The van der Waals surface area contributed by atoms with Gasteiger partial charge in [0.1, 0.15) is 11.3 Å². The van der Waals surface area contributed by atoms with Gasteiger partial charge < -0.3 is 14.3 Å². The fraction of sp³-hybridized carbons (Fsp3) is 0.226. The molecule has 1 amide bonds. The molecule has 1 aliphatic rings. The van der Waals surface area contributed by atoms with Crippen LogP contribution in [0.2, 0.25) is 0 Å². The highest BCUT2D eigenvalue weighted by Crippen LogP contribution is 2.43. The quantitative estimate of drug-likeness (QED) is 0.276. The number of fused-ring (bicyclic) bond motifs is 1. The maximum atomic E-state index is 13.8. The number of ether oxygens (including phenoxy) is 1. The van der Waals surface area contributed by atoms with E-state index in [2.05, 4.69) is 13.8 Å². The summed E-state index contributed by atoms with van der Waals surface area (Å²) >= 11 is 0. The average molecular weight is 496 g/mol. The summed E-state index contributed by atoms with van der Waals surface area (Å²) in [5, 5.41) is 11.8. The molecule has 37 heavy (non-hydrogen) atoms. The molecule has 2 heterocycles. The summed E-state index contributed by atoms with van der Waals surface area (Å²) in [6, 6.07) is 22.9. The Morgan fingerprint density at radius 3 is 2.24 bits per heavy atom. The first-order valence-electron chi connectivity index (χ1n) is 12.4. The van der Waals surface area contributed by atoms with Gasteiger partial charge in [-0.1, -0.05) is 56.3 Å². The third-order valence-electron chi connectivity index (χ3n) is 6.51. The number of furan rings is 1. The Morgan fingerprint density at radius 2 is 1.62 bits per heavy atom. The number of carbonyl (C=O) groups is 2. The molecule has 0 spiro atoms. The number of hydrogen-bond acceptors (Lipinski definition) is 5. The van der Waals surface area contributed by atoms with Crippen molar-refractivity contribution in [2.24, 2.45) is 0 Å². The number of nitrogens with zero attached hydrogens (tertiary/aromatic N) is 1. The number of ketones is 1. The van der Waals surface area contributed by atoms with Crippen LogP contribution in [0, 0.1) is 0 Å². The molecule has 1 unspecified atom stereocenters. The highest BCUT2D eigenvalue weighted by molar-refractivity contribution is 6.20. The van der Waals surface area contributed by atoms with E-state index in [1.807, 2.05) is 68.4 Å². The zero-order valence-corrected chi connectivity index (χ0v) is 21.3. The lowest BCUT2D eigenvalue weighted by Crippen LogP contribution is -2.31. The minimum Gasteiger partial charge on any atom is -0.503 e. The second-order valence-corrected chi connectivity index (χ2v) is 9.80. The van der Waals surface area contributed by atoms with E-state index in [0.717, 1.165) is 10.9 Å². The number of anilines is 1. The molecule has 0 saturated carbocycles. The van der Waals surface area contributed by atoms with Crippen molar-refractivity contribution in [3.8, 4) is 5.75 Å². The van der Waals surface area contributed by atoms with Crippen LogP contribution in [-0.4, -0.2) is 22.9 Å². The van der Waals surface area contributed by atoms with Crippen molar-refractivity contribution in [2.45, 2.75) is 45.8 Å². The maximum absolute atomic E-state index is 13.8. The van der Waals surface area contributed by atoms with Crippen LogP contribution in [0.15, 0.2) is 94.6 Å². The van der Waals surface area contributed by atoms with E-state index in [1.54, 1.807) is 24.3 Å². The number of para-hydroxylation sites is 1. The number of aliphatic hydroxyl groups excluding tert-OH is 1. The van der Waals surface area contributed by atoms with Gasteiger partial charge in [0.05, 0.1) is 17.7 Å². The van der Waals surface area contributed by atoms with Crippen molar-refractivity contribution < 1.29 is 23.8 Å². The summed E-state index contributed by atoms with van der Waals surface area (Å²) < 4.78 is 11.6. The van der Waals surface area contributed by atoms with E-state index in [1.165, 1.54) is 4.90 Å². The molecule has 0 aliphatic carbocycles. The summed E-state index contributed by atoms with van der Waals surface area (Å²) in [6.45, 7) is 8.07. The van der Waals surface area contributed by atoms with Crippen LogP contribution in [0.5, 0.6) is 5.75 Å². The minimum absolute atomic E-state index is 0.00374. The Hall–Kier alpha value is -4.32. The average Bonchev–Trinajstić information content (AvgIpc) is 3.43. The Bertz CT molecular complexity index is 1460. The van der Waals surface area contributed by atoms with Crippen molar-refractivity contribution >= 4 is 28.3 Å². The molecule has 188 valence electrons. The summed E-state index contributed by atoms with van der Waals surface area (Å²) in [5.41, 5.74) is 2.91. The second-order valence-electron chi connectivity index (χ2n) is 9.80. The predicted octanol–water partition coefficient (Wildman–Crippen LogP) is 7.13. The van der Waals surface area contributed by atoms with Gasteiger partial charge in [-0.3, -0.25) is 14.5 Å². The number of Topliss-reactive ketones (excluding diaryl/α,β-unsaturated/α-hetero) is 1. The molecule has 6 heteroatoms. The molecule has 1 atom stereocenters. The molecule has 1 aromatic heterocycles. The van der Waals surface area contributed by atoms with Gasteiger partial charge in [-0.25, -0.2) is 0 Å². The monoisotopic (exact) mass is 495 g/mol. The lowest BCUT2D eigenvalue weighted by molar-refractivity contribution is -0.117. The normalized spacial score (nSPS) is 15.9. The molecular formula is C31H29NO5. The van der Waals surface area contributed by atoms with Crippen LogP contribution >= 0.6 is 0 Å². The van der Waals surface area contributed by atoms with Crippen molar-refractivity contribution in [2.75, 3.05) is 4.90 Å². The third-order valence-corrected chi connectivity index (χ3v) is 6.51. The lowest BCUT2D eigenvalue weighted by atomic mass is 9.94. The van der Waals surface area contributed by atoms with Crippen LogP contribution in [0.3, 0.4) is 0 Å². The van der Waals surface area contributed by atoms with Crippen molar-refractivity contribution in [3.05, 3.63) is 107 Å². The maximum Gasteiger partial charge on any atom is 0.294 e. The van der Waals surface area contributed by atoms with Gasteiger partial charge in [0.2, 0.25) is 5.78 Å². The number of benzene rings is 3. The molecular weight excluding hydrogens is 466 g/mol. The van der Waals surface area contributed by atoms with Crippen molar-refractivity contribution in [1.82, 2.24) is 0 Å². The first kappa shape index (κ1) is 24.4. The molecule has 0 bridgehead atoms. The van der Waals surface area contributed by atoms with Crippen molar-refractivity contribution in [1.29, 1.82) is 0 Å². The van der Waals surface area contributed by atoms with Crippen LogP contribution in [0.1, 0.15) is 61.3 Å². The van der Waals surface area contributed by atoms with Crippen LogP contribution in [-0.2, 0) is 4.79 Å². The minimum atomic E-state index is -0.841. The van der Waals surface area contributed by atoms with Gasteiger partial charge in [0.15, 0.2) is 11.5 Å². The predicted molar refractivity (Wildman–Crippen MR) is 143 cm³/mol. The van der Waals surface area contributed by atoms with E-state index in [-0.39, 0.29) is 17.4 Å². The Balaban J connectivity index is 1.61. The van der Waals surface area contributed by atoms with Crippen molar-refractivity contribution in [3.63, 3.8) is 0 Å². The zero-order valence-electron chi connectivity index (χ0n) is 21.3. The topological polar surface area (TPSA) is 80.0 Å². The first-order chi connectivity index (χ1) is 17.7. The smallest absolute Gasteiger partial charge is 0.294 e. The summed E-state index contributed by atoms with van der Waals surface area (Å²) in [6.07, 6.45) is 0.00374. The molecule has 6 nitrogen and oxygen atoms in total. The molecule has 5 rings (SSSR count). The molecule has 4 aromatic rings. The fourth-order valence-corrected chi connectivity index (χ4v) is 4.67. The van der Waals surface area contributed by atoms with E-state index < -0.39 is 23.5 Å². The van der Waals surface area contributed by atoms with Gasteiger partial charge in [-0.2, -0.15) is 0 Å². The highest BCUT2D eigenvalue weighted by Gasteiger charge is 2.45. The SMILES string of the molecule is CC(C)Oc1ccc(C2C(C(=O)c3cc4ccccc4o3)=C(O)C(=O)N2c2ccc(C(C)C)cc2)cc1. The van der Waals surface area contributed by atoms with Gasteiger partial charge in [-0.15, -0.1) is 0 Å². The summed E-state index contributed by atoms with van der Waals surface area (Å²) in [5.74, 6) is -0.679. The largest absolute Gasteiger partial charge is 0.503 e. The Labute approximate surface area is 215 Å². The van der Waals surface area contributed by atoms with E-state index in [0.29, 0.717) is 28.5 Å². The third kappa shape index (κ3) is 4.51. The molecule has 3 aromatic carbocycles. The Morgan fingerprint density at radius 1 is 0.946 bits per heavy atom. The molecule has 1 N–H and O–H groups in total. The molecule has 0 fully saturated rings. The molecule has 0 radical (unpaired) electrons. The molecule has 1 aliphatic heterocycles. The summed E-state index contributed by atoms with van der Waals surface area (Å²) in [4.78, 5) is 28.7. The number of aliphatic hydroxyl groups is 1. The number of amides is 1. The van der Waals surface area contributed by atoms with Crippen LogP contribution in [0.4, 0.5) is 5.69 Å². The van der Waals surface area contributed by atoms with E-state index in [9.17, 15) is 14.7 Å². The van der Waals surface area contributed by atoms with Crippen LogP contribution < -0.4 is 9.64 Å². The number of rotatable bonds is 7. The molecule has 0 saturated heterocycles.